The van der Waals surface area contributed by atoms with Gasteiger partial charge in [-0.3, -0.25) is 4.90 Å². The van der Waals surface area contributed by atoms with Crippen molar-refractivity contribution in [3.05, 3.63) is 29.3 Å². The predicted octanol–water partition coefficient (Wildman–Crippen LogP) is 3.16. The van der Waals surface area contributed by atoms with E-state index in [1.54, 1.807) is 0 Å². The number of nitrogens with two attached hydrogens (primary N) is 1. The maximum Gasteiger partial charge on any atom is 0.0362 e. The molecule has 2 N–H and O–H groups in total. The lowest BCUT2D eigenvalue weighted by atomic mass is 9.86. The van der Waals surface area contributed by atoms with Crippen LogP contribution < -0.4 is 5.73 Å². The zero-order valence-electron chi connectivity index (χ0n) is 12.0. The number of anilines is 1. The highest BCUT2D eigenvalue weighted by molar-refractivity contribution is 7.99. The Balaban J connectivity index is 1.76. The monoisotopic (exact) mass is 276 g/mol. The number of hydrogen-bond acceptors (Lipinski definition) is 3. The Morgan fingerprint density at radius 2 is 2.21 bits per heavy atom. The van der Waals surface area contributed by atoms with Gasteiger partial charge in [0.25, 0.3) is 0 Å². The molecule has 1 unspecified atom stereocenters. The molecule has 3 heteroatoms. The lowest BCUT2D eigenvalue weighted by molar-refractivity contribution is 0.146. The first-order valence-electron chi connectivity index (χ1n) is 7.23. The van der Waals surface area contributed by atoms with Gasteiger partial charge >= 0.3 is 0 Å². The highest BCUT2D eigenvalue weighted by atomic mass is 32.2. The Morgan fingerprint density at radius 1 is 1.37 bits per heavy atom. The smallest absolute Gasteiger partial charge is 0.0362 e. The van der Waals surface area contributed by atoms with Crippen LogP contribution in [0.25, 0.3) is 0 Å². The number of benzene rings is 1. The van der Waals surface area contributed by atoms with E-state index in [2.05, 4.69) is 42.6 Å². The number of rotatable bonds is 1. The van der Waals surface area contributed by atoms with E-state index >= 15 is 0 Å². The fraction of sp³-hybridized carbons (Fsp3) is 0.625. The van der Waals surface area contributed by atoms with Gasteiger partial charge in [0.1, 0.15) is 0 Å². The lowest BCUT2D eigenvalue weighted by Gasteiger charge is -2.43. The van der Waals surface area contributed by atoms with Crippen molar-refractivity contribution in [1.29, 1.82) is 0 Å². The van der Waals surface area contributed by atoms with Crippen LogP contribution in [-0.4, -0.2) is 29.0 Å². The van der Waals surface area contributed by atoms with Crippen molar-refractivity contribution >= 4 is 17.4 Å². The van der Waals surface area contributed by atoms with Crippen LogP contribution in [0.5, 0.6) is 0 Å². The van der Waals surface area contributed by atoms with E-state index in [9.17, 15) is 0 Å². The number of hydrogen-bond donors (Lipinski definition) is 1. The SMILES string of the molecule is CC1(C)CSCC(N2CCc3cccc(N)c3C2)C1. The molecule has 104 valence electrons. The Bertz CT molecular complexity index is 470. The van der Waals surface area contributed by atoms with Crippen molar-refractivity contribution in [1.82, 2.24) is 4.90 Å². The van der Waals surface area contributed by atoms with E-state index in [1.807, 2.05) is 6.07 Å². The van der Waals surface area contributed by atoms with Gasteiger partial charge < -0.3 is 5.73 Å². The molecule has 1 aromatic carbocycles. The second-order valence-electron chi connectivity index (χ2n) is 6.74. The van der Waals surface area contributed by atoms with Crippen molar-refractivity contribution in [2.75, 3.05) is 23.8 Å². The largest absolute Gasteiger partial charge is 0.398 e. The summed E-state index contributed by atoms with van der Waals surface area (Å²) in [5.41, 5.74) is 10.4. The number of nitrogen functional groups attached to an aromatic ring is 1. The second kappa shape index (κ2) is 5.02. The third-order valence-electron chi connectivity index (χ3n) is 4.45. The zero-order chi connectivity index (χ0) is 13.5. The molecule has 1 aromatic rings. The molecule has 1 saturated heterocycles. The van der Waals surface area contributed by atoms with Gasteiger partial charge in [0.15, 0.2) is 0 Å². The Kier molecular flexibility index (Phi) is 3.52. The predicted molar refractivity (Wildman–Crippen MR) is 84.5 cm³/mol. The van der Waals surface area contributed by atoms with Gasteiger partial charge in [0.2, 0.25) is 0 Å². The first-order chi connectivity index (χ1) is 9.05. The third kappa shape index (κ3) is 2.77. The van der Waals surface area contributed by atoms with Crippen LogP contribution in [0, 0.1) is 5.41 Å². The Hall–Kier alpha value is -0.670. The molecule has 1 atom stereocenters. The molecule has 0 aliphatic carbocycles. The van der Waals surface area contributed by atoms with E-state index in [0.29, 0.717) is 5.41 Å². The highest BCUT2D eigenvalue weighted by Crippen LogP contribution is 2.37. The van der Waals surface area contributed by atoms with Crippen LogP contribution in [0.2, 0.25) is 0 Å². The van der Waals surface area contributed by atoms with Crippen molar-refractivity contribution < 1.29 is 0 Å². The van der Waals surface area contributed by atoms with Gasteiger partial charge in [-0.15, -0.1) is 0 Å². The molecule has 0 radical (unpaired) electrons. The molecule has 0 amide bonds. The van der Waals surface area contributed by atoms with Crippen LogP contribution in [0.4, 0.5) is 5.69 Å². The van der Waals surface area contributed by atoms with Crippen LogP contribution >= 0.6 is 11.8 Å². The average Bonchev–Trinajstić information content (AvgIpc) is 2.38. The van der Waals surface area contributed by atoms with Crippen molar-refractivity contribution in [3.8, 4) is 0 Å². The summed E-state index contributed by atoms with van der Waals surface area (Å²) in [6.45, 7) is 7.04. The molecule has 2 heterocycles. The van der Waals surface area contributed by atoms with Gasteiger partial charge in [-0.1, -0.05) is 26.0 Å². The van der Waals surface area contributed by atoms with Crippen LogP contribution in [0.1, 0.15) is 31.4 Å². The van der Waals surface area contributed by atoms with E-state index < -0.39 is 0 Å². The van der Waals surface area contributed by atoms with E-state index in [4.69, 9.17) is 5.73 Å². The van der Waals surface area contributed by atoms with Crippen LogP contribution in [0.3, 0.4) is 0 Å². The highest BCUT2D eigenvalue weighted by Gasteiger charge is 2.33. The molecule has 2 nitrogen and oxygen atoms in total. The lowest BCUT2D eigenvalue weighted by Crippen LogP contribution is -2.45. The van der Waals surface area contributed by atoms with E-state index in [0.717, 1.165) is 24.7 Å². The number of thioether (sulfide) groups is 1. The molecular formula is C16H24N2S. The summed E-state index contributed by atoms with van der Waals surface area (Å²) < 4.78 is 0. The topological polar surface area (TPSA) is 29.3 Å². The molecule has 0 aromatic heterocycles. The molecule has 0 saturated carbocycles. The number of fused-ring (bicyclic) bond motifs is 1. The number of nitrogens with zero attached hydrogens (tertiary/aromatic N) is 1. The van der Waals surface area contributed by atoms with Crippen LogP contribution in [0.15, 0.2) is 18.2 Å². The molecule has 19 heavy (non-hydrogen) atoms. The summed E-state index contributed by atoms with van der Waals surface area (Å²) in [5.74, 6) is 2.58. The quantitative estimate of drug-likeness (QED) is 0.799. The molecule has 2 aliphatic heterocycles. The normalized spacial score (nSPS) is 26.9. The summed E-state index contributed by atoms with van der Waals surface area (Å²) >= 11 is 2.12. The maximum atomic E-state index is 6.15. The fourth-order valence-corrected chi connectivity index (χ4v) is 4.79. The minimum atomic E-state index is 0.482. The van der Waals surface area contributed by atoms with E-state index in [1.165, 1.54) is 35.6 Å². The van der Waals surface area contributed by atoms with Gasteiger partial charge in [-0.25, -0.2) is 0 Å². The molecule has 0 bridgehead atoms. The first-order valence-corrected chi connectivity index (χ1v) is 8.39. The molecule has 0 spiro atoms. The zero-order valence-corrected chi connectivity index (χ0v) is 12.8. The second-order valence-corrected chi connectivity index (χ2v) is 7.77. The molecule has 1 fully saturated rings. The van der Waals surface area contributed by atoms with E-state index in [-0.39, 0.29) is 0 Å². The third-order valence-corrected chi connectivity index (χ3v) is 6.05. The van der Waals surface area contributed by atoms with Gasteiger partial charge in [0.05, 0.1) is 0 Å². The standard InChI is InChI=1S/C16H24N2S/c1-16(2)8-13(10-19-11-16)18-7-6-12-4-3-5-15(17)14(12)9-18/h3-5,13H,6-11,17H2,1-2H3. The Labute approximate surface area is 120 Å². The minimum absolute atomic E-state index is 0.482. The Morgan fingerprint density at radius 3 is 3.00 bits per heavy atom. The molecular weight excluding hydrogens is 252 g/mol. The van der Waals surface area contributed by atoms with Crippen LogP contribution in [-0.2, 0) is 13.0 Å². The van der Waals surface area contributed by atoms with Gasteiger partial charge in [-0.2, -0.15) is 11.8 Å². The summed E-state index contributed by atoms with van der Waals surface area (Å²) in [4.78, 5) is 2.66. The van der Waals surface area contributed by atoms with Crippen molar-refractivity contribution in [3.63, 3.8) is 0 Å². The molecule has 2 aliphatic rings. The molecule has 3 rings (SSSR count). The maximum absolute atomic E-state index is 6.15. The van der Waals surface area contributed by atoms with Crippen molar-refractivity contribution in [2.24, 2.45) is 5.41 Å². The summed E-state index contributed by atoms with van der Waals surface area (Å²) in [5, 5.41) is 0. The minimum Gasteiger partial charge on any atom is -0.398 e. The summed E-state index contributed by atoms with van der Waals surface area (Å²) in [7, 11) is 0. The summed E-state index contributed by atoms with van der Waals surface area (Å²) in [6, 6.07) is 7.09. The summed E-state index contributed by atoms with van der Waals surface area (Å²) in [6.07, 6.45) is 2.48. The van der Waals surface area contributed by atoms with Gasteiger partial charge in [0, 0.05) is 30.6 Å². The first kappa shape index (κ1) is 13.3. The average molecular weight is 276 g/mol. The fourth-order valence-electron chi connectivity index (χ4n) is 3.40. The van der Waals surface area contributed by atoms with Crippen molar-refractivity contribution in [2.45, 2.75) is 39.3 Å². The van der Waals surface area contributed by atoms with Gasteiger partial charge in [-0.05, 0) is 41.2 Å².